The van der Waals surface area contributed by atoms with Gasteiger partial charge >= 0.3 is 5.97 Å². The van der Waals surface area contributed by atoms with Gasteiger partial charge in [-0.05, 0) is 73.6 Å². The number of esters is 1. The number of rotatable bonds is 8. The number of nitrogens with zero attached hydrogens (tertiary/aromatic N) is 1. The molecule has 1 saturated carbocycles. The molecule has 2 unspecified atom stereocenters. The monoisotopic (exact) mass is 399 g/mol. The molecule has 0 aliphatic heterocycles. The Labute approximate surface area is 176 Å². The van der Waals surface area contributed by atoms with E-state index < -0.39 is 0 Å². The lowest BCUT2D eigenvalue weighted by Crippen LogP contribution is -2.24. The highest BCUT2D eigenvalue weighted by Gasteiger charge is 2.31. The Hall–Kier alpha value is -2.02. The molecule has 29 heavy (non-hydrogen) atoms. The number of hydrogen-bond acceptors (Lipinski definition) is 4. The molecule has 0 amide bonds. The van der Waals surface area contributed by atoms with Crippen molar-refractivity contribution in [3.05, 3.63) is 29.3 Å². The molecule has 160 valence electrons. The molecule has 4 heteroatoms. The summed E-state index contributed by atoms with van der Waals surface area (Å²) in [6, 6.07) is 8.21. The van der Waals surface area contributed by atoms with Gasteiger partial charge in [-0.1, -0.05) is 45.6 Å². The van der Waals surface area contributed by atoms with Crippen molar-refractivity contribution in [1.29, 1.82) is 5.26 Å². The van der Waals surface area contributed by atoms with Crippen LogP contribution in [0.25, 0.3) is 0 Å². The fourth-order valence-corrected chi connectivity index (χ4v) is 4.89. The smallest absolute Gasteiger partial charge is 0.311 e. The Balaban J connectivity index is 0.000000941. The number of nitriles is 1. The van der Waals surface area contributed by atoms with Crippen LogP contribution >= 0.6 is 0 Å². The lowest BCUT2D eigenvalue weighted by atomic mass is 9.68. The van der Waals surface area contributed by atoms with Gasteiger partial charge in [-0.2, -0.15) is 5.26 Å². The van der Waals surface area contributed by atoms with Crippen LogP contribution < -0.4 is 4.74 Å². The van der Waals surface area contributed by atoms with Gasteiger partial charge in [0.25, 0.3) is 0 Å². The SMILES string of the molecule is CC#N.CCCC(CCC)C(=O)OCOc1ccc2c(c1)C1CCCCC1CC2. The summed E-state index contributed by atoms with van der Waals surface area (Å²) in [5.41, 5.74) is 2.98. The van der Waals surface area contributed by atoms with Crippen molar-refractivity contribution in [2.24, 2.45) is 11.8 Å². The van der Waals surface area contributed by atoms with Crippen molar-refractivity contribution in [2.45, 2.75) is 90.9 Å². The first-order valence-electron chi connectivity index (χ1n) is 11.4. The summed E-state index contributed by atoms with van der Waals surface area (Å²) in [6.45, 7) is 5.67. The standard InChI is InChI=1S/C23H34O3.C2H3N/c1-3-7-19(8-4-2)23(24)26-16-25-20-14-13-18-12-11-17-9-5-6-10-21(17)22(18)15-20;1-2-3/h13-15,17,19,21H,3-12,16H2,1-2H3;1H3. The second kappa shape index (κ2) is 12.5. The first-order chi connectivity index (χ1) is 14.1. The predicted molar refractivity (Wildman–Crippen MR) is 116 cm³/mol. The number of fused-ring (bicyclic) bond motifs is 3. The van der Waals surface area contributed by atoms with E-state index >= 15 is 0 Å². The van der Waals surface area contributed by atoms with Crippen LogP contribution in [-0.2, 0) is 16.0 Å². The van der Waals surface area contributed by atoms with Gasteiger partial charge in [-0.15, -0.1) is 0 Å². The van der Waals surface area contributed by atoms with Crippen LogP contribution in [0.2, 0.25) is 0 Å². The third-order valence-corrected chi connectivity index (χ3v) is 6.24. The topological polar surface area (TPSA) is 59.3 Å². The van der Waals surface area contributed by atoms with Gasteiger partial charge in [-0.25, -0.2) is 0 Å². The first-order valence-corrected chi connectivity index (χ1v) is 11.4. The lowest BCUT2D eigenvalue weighted by Gasteiger charge is -2.37. The van der Waals surface area contributed by atoms with E-state index in [2.05, 4.69) is 26.0 Å². The fourth-order valence-electron chi connectivity index (χ4n) is 4.89. The third kappa shape index (κ3) is 6.77. The van der Waals surface area contributed by atoms with E-state index in [1.54, 1.807) is 6.07 Å². The molecule has 1 fully saturated rings. The molecule has 0 heterocycles. The zero-order valence-corrected chi connectivity index (χ0v) is 18.4. The molecule has 0 aromatic heterocycles. The average molecular weight is 400 g/mol. The molecule has 2 aliphatic rings. The fraction of sp³-hybridized carbons (Fsp3) is 0.680. The summed E-state index contributed by atoms with van der Waals surface area (Å²) in [5.74, 6) is 2.30. The summed E-state index contributed by atoms with van der Waals surface area (Å²) in [7, 11) is 0. The normalized spacial score (nSPS) is 19.8. The maximum Gasteiger partial charge on any atom is 0.311 e. The van der Waals surface area contributed by atoms with E-state index in [0.717, 1.165) is 37.4 Å². The van der Waals surface area contributed by atoms with E-state index in [0.29, 0.717) is 5.92 Å². The van der Waals surface area contributed by atoms with Crippen LogP contribution in [0.5, 0.6) is 5.75 Å². The Morgan fingerprint density at radius 3 is 2.55 bits per heavy atom. The number of carbonyl (C=O) groups is 1. The molecule has 0 saturated heterocycles. The van der Waals surface area contributed by atoms with E-state index in [9.17, 15) is 4.79 Å². The molecule has 4 nitrogen and oxygen atoms in total. The molecule has 3 rings (SSSR count). The summed E-state index contributed by atoms with van der Waals surface area (Å²) in [4.78, 5) is 12.2. The largest absolute Gasteiger partial charge is 0.457 e. The quantitative estimate of drug-likeness (QED) is 0.368. The van der Waals surface area contributed by atoms with E-state index in [1.807, 2.05) is 6.07 Å². The van der Waals surface area contributed by atoms with Crippen LogP contribution in [0.4, 0.5) is 0 Å². The van der Waals surface area contributed by atoms with Crippen LogP contribution in [0.15, 0.2) is 18.2 Å². The zero-order chi connectivity index (χ0) is 21.1. The molecule has 0 N–H and O–H groups in total. The molecule has 2 aliphatic carbocycles. The zero-order valence-electron chi connectivity index (χ0n) is 18.4. The molecule has 0 bridgehead atoms. The van der Waals surface area contributed by atoms with Gasteiger partial charge in [0.1, 0.15) is 5.75 Å². The van der Waals surface area contributed by atoms with Crippen LogP contribution in [0, 0.1) is 23.2 Å². The van der Waals surface area contributed by atoms with Gasteiger partial charge in [0.05, 0.1) is 12.0 Å². The second-order valence-corrected chi connectivity index (χ2v) is 8.27. The Bertz CT molecular complexity index is 673. The highest BCUT2D eigenvalue weighted by molar-refractivity contribution is 5.72. The molecular weight excluding hydrogens is 362 g/mol. The minimum Gasteiger partial charge on any atom is -0.457 e. The summed E-state index contributed by atoms with van der Waals surface area (Å²) < 4.78 is 11.2. The van der Waals surface area contributed by atoms with Gasteiger partial charge < -0.3 is 9.47 Å². The molecule has 0 radical (unpaired) electrons. The maximum atomic E-state index is 12.2. The van der Waals surface area contributed by atoms with Crippen molar-refractivity contribution in [1.82, 2.24) is 0 Å². The van der Waals surface area contributed by atoms with Crippen LogP contribution in [0.3, 0.4) is 0 Å². The minimum absolute atomic E-state index is 0.0140. The van der Waals surface area contributed by atoms with E-state index in [4.69, 9.17) is 14.7 Å². The number of hydrogen-bond donors (Lipinski definition) is 0. The number of benzene rings is 1. The summed E-state index contributed by atoms with van der Waals surface area (Å²) >= 11 is 0. The van der Waals surface area contributed by atoms with Crippen molar-refractivity contribution < 1.29 is 14.3 Å². The molecule has 2 atom stereocenters. The Morgan fingerprint density at radius 1 is 1.17 bits per heavy atom. The van der Waals surface area contributed by atoms with Crippen molar-refractivity contribution in [3.63, 3.8) is 0 Å². The van der Waals surface area contributed by atoms with Crippen molar-refractivity contribution in [2.75, 3.05) is 6.79 Å². The lowest BCUT2D eigenvalue weighted by molar-refractivity contribution is -0.155. The van der Waals surface area contributed by atoms with Gasteiger partial charge in [0, 0.05) is 6.92 Å². The van der Waals surface area contributed by atoms with Gasteiger partial charge in [-0.3, -0.25) is 4.79 Å². The highest BCUT2D eigenvalue weighted by atomic mass is 16.7. The number of ether oxygens (including phenoxy) is 2. The molecule has 1 aromatic rings. The molecular formula is C25H37NO3. The van der Waals surface area contributed by atoms with Crippen LogP contribution in [0.1, 0.15) is 95.6 Å². The number of aryl methyl sites for hydroxylation is 1. The van der Waals surface area contributed by atoms with E-state index in [-0.39, 0.29) is 18.7 Å². The molecule has 0 spiro atoms. The van der Waals surface area contributed by atoms with Crippen molar-refractivity contribution in [3.8, 4) is 11.8 Å². The van der Waals surface area contributed by atoms with Gasteiger partial charge in [0.15, 0.2) is 0 Å². The second-order valence-electron chi connectivity index (χ2n) is 8.27. The average Bonchev–Trinajstić information content (AvgIpc) is 2.74. The Morgan fingerprint density at radius 2 is 1.86 bits per heavy atom. The van der Waals surface area contributed by atoms with Gasteiger partial charge in [0.2, 0.25) is 6.79 Å². The minimum atomic E-state index is -0.112. The number of carbonyl (C=O) groups excluding carboxylic acids is 1. The van der Waals surface area contributed by atoms with Crippen molar-refractivity contribution >= 4 is 5.97 Å². The van der Waals surface area contributed by atoms with Crippen LogP contribution in [-0.4, -0.2) is 12.8 Å². The summed E-state index contributed by atoms with van der Waals surface area (Å²) in [5, 5.41) is 7.32. The highest BCUT2D eigenvalue weighted by Crippen LogP contribution is 2.45. The van der Waals surface area contributed by atoms with E-state index in [1.165, 1.54) is 56.6 Å². The maximum absolute atomic E-state index is 12.2. The predicted octanol–water partition coefficient (Wildman–Crippen LogP) is 6.53. The first kappa shape index (κ1) is 23.3. The Kier molecular flexibility index (Phi) is 10.0. The summed E-state index contributed by atoms with van der Waals surface area (Å²) in [6.07, 6.45) is 11.8. The third-order valence-electron chi connectivity index (χ3n) is 6.24. The molecule has 1 aromatic carbocycles.